The van der Waals surface area contributed by atoms with Crippen LogP contribution in [0, 0.1) is 0 Å². The standard InChI is InChI=1S/C11H11NO3S/c13-10(14)5-1-3-8-7-16-11(12-8)9-4-2-6-15-9/h2,4,6-7H,1,3,5H2,(H,13,14). The molecule has 2 rings (SSSR count). The number of hydrogen-bond donors (Lipinski definition) is 1. The average Bonchev–Trinajstić information content (AvgIpc) is 2.85. The van der Waals surface area contributed by atoms with Crippen LogP contribution in [0.5, 0.6) is 0 Å². The van der Waals surface area contributed by atoms with Crippen molar-refractivity contribution in [3.8, 4) is 10.8 Å². The second-order valence-corrected chi connectivity index (χ2v) is 4.23. The van der Waals surface area contributed by atoms with Crippen LogP contribution < -0.4 is 0 Å². The van der Waals surface area contributed by atoms with Gasteiger partial charge in [-0.05, 0) is 25.0 Å². The molecule has 16 heavy (non-hydrogen) atoms. The van der Waals surface area contributed by atoms with E-state index in [1.807, 2.05) is 17.5 Å². The van der Waals surface area contributed by atoms with Crippen LogP contribution in [0.15, 0.2) is 28.2 Å². The molecule has 2 heterocycles. The van der Waals surface area contributed by atoms with Crippen LogP contribution in [0.1, 0.15) is 18.5 Å². The number of aliphatic carboxylic acids is 1. The summed E-state index contributed by atoms with van der Waals surface area (Å²) in [7, 11) is 0. The Kier molecular flexibility index (Phi) is 3.36. The number of rotatable bonds is 5. The molecule has 0 radical (unpaired) electrons. The third kappa shape index (κ3) is 2.70. The van der Waals surface area contributed by atoms with Gasteiger partial charge in [0.05, 0.1) is 12.0 Å². The molecule has 0 unspecified atom stereocenters. The Morgan fingerprint density at radius 2 is 2.44 bits per heavy atom. The van der Waals surface area contributed by atoms with E-state index >= 15 is 0 Å². The molecule has 0 bridgehead atoms. The normalized spacial score (nSPS) is 10.5. The molecule has 0 saturated heterocycles. The highest BCUT2D eigenvalue weighted by Crippen LogP contribution is 2.24. The SMILES string of the molecule is O=C(O)CCCc1csc(-c2ccco2)n1. The number of aryl methyl sites for hydroxylation is 1. The quantitative estimate of drug-likeness (QED) is 0.868. The molecule has 1 N–H and O–H groups in total. The van der Waals surface area contributed by atoms with Crippen molar-refractivity contribution in [1.29, 1.82) is 0 Å². The third-order valence-electron chi connectivity index (χ3n) is 2.11. The molecule has 0 atom stereocenters. The van der Waals surface area contributed by atoms with Gasteiger partial charge in [-0.3, -0.25) is 4.79 Å². The Hall–Kier alpha value is -1.62. The number of carbonyl (C=O) groups is 1. The van der Waals surface area contributed by atoms with E-state index in [2.05, 4.69) is 4.98 Å². The van der Waals surface area contributed by atoms with Crippen LogP contribution in [-0.4, -0.2) is 16.1 Å². The highest BCUT2D eigenvalue weighted by Gasteiger charge is 2.07. The van der Waals surface area contributed by atoms with Crippen LogP contribution in [0.2, 0.25) is 0 Å². The van der Waals surface area contributed by atoms with Gasteiger partial charge in [-0.25, -0.2) is 4.98 Å². The van der Waals surface area contributed by atoms with E-state index in [4.69, 9.17) is 9.52 Å². The number of carboxylic acid groups (broad SMARTS) is 1. The number of thiazole rings is 1. The van der Waals surface area contributed by atoms with Crippen molar-refractivity contribution < 1.29 is 14.3 Å². The topological polar surface area (TPSA) is 63.3 Å². The van der Waals surface area contributed by atoms with Gasteiger partial charge in [0.2, 0.25) is 0 Å². The van der Waals surface area contributed by atoms with E-state index in [1.165, 1.54) is 11.3 Å². The predicted octanol–water partition coefficient (Wildman–Crippen LogP) is 2.81. The van der Waals surface area contributed by atoms with Gasteiger partial charge in [0.25, 0.3) is 0 Å². The van der Waals surface area contributed by atoms with E-state index in [9.17, 15) is 4.79 Å². The Balaban J connectivity index is 1.95. The minimum atomic E-state index is -0.763. The van der Waals surface area contributed by atoms with Gasteiger partial charge in [0.1, 0.15) is 0 Å². The molecule has 2 aromatic rings. The van der Waals surface area contributed by atoms with Crippen molar-refractivity contribution >= 4 is 17.3 Å². The van der Waals surface area contributed by atoms with Crippen molar-refractivity contribution in [2.24, 2.45) is 0 Å². The first-order chi connectivity index (χ1) is 7.75. The molecular formula is C11H11NO3S. The number of aromatic nitrogens is 1. The van der Waals surface area contributed by atoms with Gasteiger partial charge in [-0.15, -0.1) is 11.3 Å². The summed E-state index contributed by atoms with van der Waals surface area (Å²) in [5.41, 5.74) is 0.928. The molecule has 0 fully saturated rings. The lowest BCUT2D eigenvalue weighted by Crippen LogP contribution is -1.95. The lowest BCUT2D eigenvalue weighted by atomic mass is 10.2. The molecule has 0 aliphatic heterocycles. The fourth-order valence-electron chi connectivity index (χ4n) is 1.36. The minimum absolute atomic E-state index is 0.188. The molecule has 0 aliphatic rings. The molecule has 5 heteroatoms. The molecule has 0 amide bonds. The van der Waals surface area contributed by atoms with Gasteiger partial charge >= 0.3 is 5.97 Å². The summed E-state index contributed by atoms with van der Waals surface area (Å²) < 4.78 is 5.23. The average molecular weight is 237 g/mol. The highest BCUT2D eigenvalue weighted by atomic mass is 32.1. The summed E-state index contributed by atoms with van der Waals surface area (Å²) in [4.78, 5) is 14.7. The molecule has 0 aromatic carbocycles. The Labute approximate surface area is 96.6 Å². The van der Waals surface area contributed by atoms with Crippen molar-refractivity contribution in [2.45, 2.75) is 19.3 Å². The maximum Gasteiger partial charge on any atom is 0.303 e. The van der Waals surface area contributed by atoms with E-state index in [0.29, 0.717) is 12.8 Å². The molecule has 2 aromatic heterocycles. The molecular weight excluding hydrogens is 226 g/mol. The van der Waals surface area contributed by atoms with Gasteiger partial charge in [0.15, 0.2) is 10.8 Å². The smallest absolute Gasteiger partial charge is 0.303 e. The van der Waals surface area contributed by atoms with E-state index in [0.717, 1.165) is 16.5 Å². The first kappa shape index (κ1) is 10.9. The zero-order valence-electron chi connectivity index (χ0n) is 8.55. The fraction of sp³-hybridized carbons (Fsp3) is 0.273. The molecule has 0 spiro atoms. The summed E-state index contributed by atoms with van der Waals surface area (Å²) in [6.07, 6.45) is 3.12. The Bertz CT molecular complexity index is 461. The first-order valence-electron chi connectivity index (χ1n) is 4.96. The Morgan fingerprint density at radius 3 is 3.12 bits per heavy atom. The second kappa shape index (κ2) is 4.94. The largest absolute Gasteiger partial charge is 0.481 e. The van der Waals surface area contributed by atoms with Crippen LogP contribution in [-0.2, 0) is 11.2 Å². The van der Waals surface area contributed by atoms with E-state index in [1.54, 1.807) is 6.26 Å². The summed E-state index contributed by atoms with van der Waals surface area (Å²) >= 11 is 1.51. The van der Waals surface area contributed by atoms with Crippen LogP contribution >= 0.6 is 11.3 Å². The summed E-state index contributed by atoms with van der Waals surface area (Å²) in [5.74, 6) is -0.00373. The fourth-order valence-corrected chi connectivity index (χ4v) is 2.18. The van der Waals surface area contributed by atoms with Crippen molar-refractivity contribution in [3.05, 3.63) is 29.5 Å². The van der Waals surface area contributed by atoms with Gasteiger partial charge in [-0.1, -0.05) is 0 Å². The van der Waals surface area contributed by atoms with Crippen molar-refractivity contribution in [3.63, 3.8) is 0 Å². The number of furan rings is 1. The van der Waals surface area contributed by atoms with E-state index in [-0.39, 0.29) is 6.42 Å². The number of nitrogens with zero attached hydrogens (tertiary/aromatic N) is 1. The predicted molar refractivity (Wildman–Crippen MR) is 60.4 cm³/mol. The first-order valence-corrected chi connectivity index (χ1v) is 5.84. The third-order valence-corrected chi connectivity index (χ3v) is 3.01. The maximum atomic E-state index is 10.3. The summed E-state index contributed by atoms with van der Waals surface area (Å²) in [6, 6.07) is 3.68. The minimum Gasteiger partial charge on any atom is -0.481 e. The maximum absolute atomic E-state index is 10.3. The van der Waals surface area contributed by atoms with Crippen LogP contribution in [0.25, 0.3) is 10.8 Å². The summed E-state index contributed by atoms with van der Waals surface area (Å²) in [5, 5.41) is 11.3. The number of hydrogen-bond acceptors (Lipinski definition) is 4. The molecule has 0 aliphatic carbocycles. The zero-order chi connectivity index (χ0) is 11.4. The van der Waals surface area contributed by atoms with Crippen molar-refractivity contribution in [1.82, 2.24) is 4.98 Å². The molecule has 84 valence electrons. The van der Waals surface area contributed by atoms with Gasteiger partial charge in [-0.2, -0.15) is 0 Å². The summed E-state index contributed by atoms with van der Waals surface area (Å²) in [6.45, 7) is 0. The lowest BCUT2D eigenvalue weighted by molar-refractivity contribution is -0.137. The van der Waals surface area contributed by atoms with Crippen LogP contribution in [0.4, 0.5) is 0 Å². The lowest BCUT2D eigenvalue weighted by Gasteiger charge is -1.93. The number of carboxylic acids is 1. The second-order valence-electron chi connectivity index (χ2n) is 3.37. The van der Waals surface area contributed by atoms with Gasteiger partial charge < -0.3 is 9.52 Å². The van der Waals surface area contributed by atoms with Crippen molar-refractivity contribution in [2.75, 3.05) is 0 Å². The highest BCUT2D eigenvalue weighted by molar-refractivity contribution is 7.13. The monoisotopic (exact) mass is 237 g/mol. The Morgan fingerprint density at radius 1 is 1.56 bits per heavy atom. The van der Waals surface area contributed by atoms with Crippen LogP contribution in [0.3, 0.4) is 0 Å². The van der Waals surface area contributed by atoms with Gasteiger partial charge in [0, 0.05) is 11.8 Å². The zero-order valence-corrected chi connectivity index (χ0v) is 9.37. The molecule has 0 saturated carbocycles. The van der Waals surface area contributed by atoms with E-state index < -0.39 is 5.97 Å². The molecule has 4 nitrogen and oxygen atoms in total.